The summed E-state index contributed by atoms with van der Waals surface area (Å²) in [6, 6.07) is 9.21. The van der Waals surface area contributed by atoms with Crippen molar-refractivity contribution >= 4 is 17.5 Å². The lowest BCUT2D eigenvalue weighted by Gasteiger charge is -2.15. The second-order valence-electron chi connectivity index (χ2n) is 5.58. The highest BCUT2D eigenvalue weighted by Gasteiger charge is 2.56. The van der Waals surface area contributed by atoms with Gasteiger partial charge in [-0.1, -0.05) is 6.07 Å². The molecule has 0 bridgehead atoms. The number of amides is 2. The van der Waals surface area contributed by atoms with Gasteiger partial charge >= 0.3 is 0 Å². The molecule has 1 aromatic heterocycles. The summed E-state index contributed by atoms with van der Waals surface area (Å²) in [5.41, 5.74) is 0.220. The van der Waals surface area contributed by atoms with E-state index in [2.05, 4.69) is 15.6 Å². The van der Waals surface area contributed by atoms with E-state index < -0.39 is 17.1 Å². The van der Waals surface area contributed by atoms with Crippen LogP contribution in [0.1, 0.15) is 18.4 Å². The molecule has 0 atom stereocenters. The maximum atomic E-state index is 13.2. The maximum absolute atomic E-state index is 13.2. The van der Waals surface area contributed by atoms with Gasteiger partial charge in [-0.05, 0) is 48.7 Å². The summed E-state index contributed by atoms with van der Waals surface area (Å²) in [7, 11) is 0. The van der Waals surface area contributed by atoms with Gasteiger partial charge in [-0.3, -0.25) is 14.6 Å². The molecule has 0 aliphatic heterocycles. The highest BCUT2D eigenvalue weighted by molar-refractivity contribution is 6.13. The summed E-state index contributed by atoms with van der Waals surface area (Å²) < 4.78 is 13.2. The van der Waals surface area contributed by atoms with Gasteiger partial charge in [0.15, 0.2) is 0 Å². The molecule has 1 heterocycles. The maximum Gasteiger partial charge on any atom is 0.240 e. The van der Waals surface area contributed by atoms with Crippen LogP contribution in [0.4, 0.5) is 10.1 Å². The monoisotopic (exact) mass is 313 g/mol. The fourth-order valence-electron chi connectivity index (χ4n) is 2.35. The molecule has 3 rings (SSSR count). The molecule has 2 aromatic rings. The molecule has 5 nitrogen and oxygen atoms in total. The van der Waals surface area contributed by atoms with E-state index in [1.165, 1.54) is 18.2 Å². The molecule has 0 spiro atoms. The minimum absolute atomic E-state index is 0.303. The first-order valence-corrected chi connectivity index (χ1v) is 7.34. The average Bonchev–Trinajstić information content (AvgIpc) is 3.35. The zero-order valence-electron chi connectivity index (χ0n) is 12.4. The van der Waals surface area contributed by atoms with Crippen molar-refractivity contribution in [3.63, 3.8) is 0 Å². The van der Waals surface area contributed by atoms with E-state index in [1.807, 2.05) is 0 Å². The van der Waals surface area contributed by atoms with Crippen LogP contribution in [0.15, 0.2) is 48.8 Å². The first kappa shape index (κ1) is 15.1. The lowest BCUT2D eigenvalue weighted by atomic mass is 10.0. The predicted molar refractivity (Wildman–Crippen MR) is 82.8 cm³/mol. The topological polar surface area (TPSA) is 71.1 Å². The Bertz CT molecular complexity index is 730. The number of aromatic nitrogens is 1. The summed E-state index contributed by atoms with van der Waals surface area (Å²) >= 11 is 0. The number of anilines is 1. The molecule has 118 valence electrons. The van der Waals surface area contributed by atoms with E-state index in [0.29, 0.717) is 25.1 Å². The molecule has 1 aliphatic rings. The predicted octanol–water partition coefficient (Wildman–Crippen LogP) is 2.26. The fourth-order valence-corrected chi connectivity index (χ4v) is 2.35. The Morgan fingerprint density at radius 1 is 1.13 bits per heavy atom. The summed E-state index contributed by atoms with van der Waals surface area (Å²) in [6.45, 7) is 0.344. The number of hydrogen-bond acceptors (Lipinski definition) is 3. The van der Waals surface area contributed by atoms with Gasteiger partial charge in [0.05, 0.1) is 0 Å². The summed E-state index contributed by atoms with van der Waals surface area (Å²) in [6.07, 6.45) is 4.28. The van der Waals surface area contributed by atoms with Gasteiger partial charge in [0, 0.05) is 24.6 Å². The molecule has 0 radical (unpaired) electrons. The minimum atomic E-state index is -1.04. The molecule has 0 saturated heterocycles. The number of nitrogens with zero attached hydrogens (tertiary/aromatic N) is 1. The quantitative estimate of drug-likeness (QED) is 0.832. The van der Waals surface area contributed by atoms with Crippen LogP contribution in [-0.4, -0.2) is 16.8 Å². The number of carbonyl (C=O) groups excluding carboxylic acids is 2. The van der Waals surface area contributed by atoms with Crippen LogP contribution >= 0.6 is 0 Å². The minimum Gasteiger partial charge on any atom is -0.351 e. The first-order valence-electron chi connectivity index (χ1n) is 7.34. The van der Waals surface area contributed by atoms with Crippen LogP contribution < -0.4 is 10.6 Å². The Kier molecular flexibility index (Phi) is 4.06. The van der Waals surface area contributed by atoms with Crippen molar-refractivity contribution in [3.05, 3.63) is 60.2 Å². The van der Waals surface area contributed by atoms with Crippen LogP contribution in [0.5, 0.6) is 0 Å². The summed E-state index contributed by atoms with van der Waals surface area (Å²) in [5, 5.41) is 5.39. The van der Waals surface area contributed by atoms with Gasteiger partial charge in [-0.15, -0.1) is 0 Å². The van der Waals surface area contributed by atoms with Gasteiger partial charge in [0.25, 0.3) is 0 Å². The number of nitrogens with one attached hydrogen (secondary N) is 2. The van der Waals surface area contributed by atoms with E-state index in [9.17, 15) is 14.0 Å². The summed E-state index contributed by atoms with van der Waals surface area (Å²) in [5.74, 6) is -1.13. The van der Waals surface area contributed by atoms with E-state index >= 15 is 0 Å². The Morgan fingerprint density at radius 2 is 1.87 bits per heavy atom. The Morgan fingerprint density at radius 3 is 2.52 bits per heavy atom. The van der Waals surface area contributed by atoms with Crippen molar-refractivity contribution in [2.75, 3.05) is 5.32 Å². The zero-order valence-corrected chi connectivity index (χ0v) is 12.4. The Labute approximate surface area is 132 Å². The van der Waals surface area contributed by atoms with Gasteiger partial charge in [-0.2, -0.15) is 0 Å². The lowest BCUT2D eigenvalue weighted by Crippen LogP contribution is -2.39. The van der Waals surface area contributed by atoms with Crippen LogP contribution in [0.3, 0.4) is 0 Å². The number of pyridine rings is 1. The Hall–Kier alpha value is -2.76. The highest BCUT2D eigenvalue weighted by atomic mass is 19.1. The molecule has 1 fully saturated rings. The standard InChI is InChI=1S/C17H16FN3O2/c18-13-2-1-3-14(10-13)21-16(23)17(6-7-17)15(22)20-11-12-4-8-19-9-5-12/h1-5,8-10H,6-7,11H2,(H,20,22)(H,21,23). The number of benzene rings is 1. The number of rotatable bonds is 5. The second-order valence-corrected chi connectivity index (χ2v) is 5.58. The van der Waals surface area contributed by atoms with Crippen molar-refractivity contribution in [1.82, 2.24) is 10.3 Å². The summed E-state index contributed by atoms with van der Waals surface area (Å²) in [4.78, 5) is 28.6. The molecule has 23 heavy (non-hydrogen) atoms. The molecule has 1 aromatic carbocycles. The van der Waals surface area contributed by atoms with Gasteiger partial charge in [0.1, 0.15) is 11.2 Å². The smallest absolute Gasteiger partial charge is 0.240 e. The third kappa shape index (κ3) is 3.36. The fraction of sp³-hybridized carbons (Fsp3) is 0.235. The SMILES string of the molecule is O=C(NCc1ccncc1)C1(C(=O)Nc2cccc(F)c2)CC1. The molecule has 1 aliphatic carbocycles. The molecule has 2 amide bonds. The lowest BCUT2D eigenvalue weighted by molar-refractivity contribution is -0.134. The third-order valence-electron chi connectivity index (χ3n) is 3.90. The van der Waals surface area contributed by atoms with Crippen molar-refractivity contribution in [2.24, 2.45) is 5.41 Å². The second kappa shape index (κ2) is 6.16. The first-order chi connectivity index (χ1) is 11.1. The number of halogens is 1. The van der Waals surface area contributed by atoms with Crippen LogP contribution in [0.25, 0.3) is 0 Å². The van der Waals surface area contributed by atoms with Gasteiger partial charge < -0.3 is 10.6 Å². The average molecular weight is 313 g/mol. The zero-order chi connectivity index (χ0) is 16.3. The van der Waals surface area contributed by atoms with Crippen molar-refractivity contribution in [2.45, 2.75) is 19.4 Å². The van der Waals surface area contributed by atoms with Crippen LogP contribution in [0, 0.1) is 11.2 Å². The number of hydrogen-bond donors (Lipinski definition) is 2. The third-order valence-corrected chi connectivity index (χ3v) is 3.90. The molecule has 0 unspecified atom stereocenters. The largest absolute Gasteiger partial charge is 0.351 e. The molecule has 6 heteroatoms. The van der Waals surface area contributed by atoms with Crippen LogP contribution in [0.2, 0.25) is 0 Å². The molecular formula is C17H16FN3O2. The van der Waals surface area contributed by atoms with E-state index in [4.69, 9.17) is 0 Å². The van der Waals surface area contributed by atoms with E-state index in [-0.39, 0.29) is 5.91 Å². The van der Waals surface area contributed by atoms with Crippen molar-refractivity contribution in [1.29, 1.82) is 0 Å². The van der Waals surface area contributed by atoms with Gasteiger partial charge in [-0.25, -0.2) is 4.39 Å². The number of carbonyl (C=O) groups is 2. The Balaban J connectivity index is 1.62. The van der Waals surface area contributed by atoms with Gasteiger partial charge in [0.2, 0.25) is 11.8 Å². The van der Waals surface area contributed by atoms with Crippen molar-refractivity contribution in [3.8, 4) is 0 Å². The van der Waals surface area contributed by atoms with Crippen molar-refractivity contribution < 1.29 is 14.0 Å². The van der Waals surface area contributed by atoms with E-state index in [1.54, 1.807) is 30.6 Å². The molecule has 1 saturated carbocycles. The molecule has 2 N–H and O–H groups in total. The van der Waals surface area contributed by atoms with Crippen LogP contribution in [-0.2, 0) is 16.1 Å². The molecular weight excluding hydrogens is 297 g/mol. The van der Waals surface area contributed by atoms with E-state index in [0.717, 1.165) is 5.56 Å². The normalized spacial score (nSPS) is 14.8. The highest BCUT2D eigenvalue weighted by Crippen LogP contribution is 2.46.